The van der Waals surface area contributed by atoms with Gasteiger partial charge in [-0.1, -0.05) is 0 Å². The summed E-state index contributed by atoms with van der Waals surface area (Å²) in [5.41, 5.74) is 1.04. The zero-order valence-electron chi connectivity index (χ0n) is 5.03. The Kier molecular flexibility index (Phi) is 1.20. The summed E-state index contributed by atoms with van der Waals surface area (Å²) in [5.74, 6) is 0. The first kappa shape index (κ1) is 5.85. The normalized spacial score (nSPS) is 10.5. The van der Waals surface area contributed by atoms with Crippen LogP contribution in [0.5, 0.6) is 0 Å². The van der Waals surface area contributed by atoms with Crippen LogP contribution in [-0.4, -0.2) is 13.8 Å². The van der Waals surface area contributed by atoms with Crippen LogP contribution < -0.4 is 0 Å². The van der Waals surface area contributed by atoms with Gasteiger partial charge in [0.15, 0.2) is 0 Å². The van der Waals surface area contributed by atoms with E-state index in [-0.39, 0.29) is 0 Å². The summed E-state index contributed by atoms with van der Waals surface area (Å²) in [4.78, 5) is 3.95. The van der Waals surface area contributed by atoms with E-state index < -0.39 is 0 Å². The molecule has 0 saturated carbocycles. The Morgan fingerprint density at radius 1 is 1.40 bits per heavy atom. The van der Waals surface area contributed by atoms with Crippen molar-refractivity contribution in [3.05, 3.63) is 24.7 Å². The third-order valence-electron chi connectivity index (χ3n) is 1.32. The second kappa shape index (κ2) is 2.05. The fourth-order valence-corrected chi connectivity index (χ4v) is 1.26. The van der Waals surface area contributed by atoms with E-state index in [0.717, 1.165) is 10.9 Å². The van der Waals surface area contributed by atoms with E-state index in [2.05, 4.69) is 26.2 Å². The van der Waals surface area contributed by atoms with Crippen LogP contribution in [-0.2, 0) is 0 Å². The highest BCUT2D eigenvalue weighted by molar-refractivity contribution is 9.08. The number of pyridine rings is 1. The average Bonchev–Trinajstić information content (AvgIpc) is 2.34. The highest BCUT2D eigenvalue weighted by Crippen LogP contribution is 2.12. The standard InChI is InChI=1S/C6H4BrN3/c7-10-6-1-2-8-3-5(6)4-9-10/h1-4H. The van der Waals surface area contributed by atoms with Crippen molar-refractivity contribution >= 4 is 27.1 Å². The molecule has 0 aliphatic heterocycles. The van der Waals surface area contributed by atoms with Gasteiger partial charge in [0, 0.05) is 17.8 Å². The van der Waals surface area contributed by atoms with Crippen LogP contribution in [0.25, 0.3) is 10.9 Å². The molecule has 4 heteroatoms. The molecule has 0 aromatic carbocycles. The molecule has 0 radical (unpaired) electrons. The van der Waals surface area contributed by atoms with E-state index in [0.29, 0.717) is 0 Å². The van der Waals surface area contributed by atoms with Crippen molar-refractivity contribution in [1.29, 1.82) is 0 Å². The quantitative estimate of drug-likeness (QED) is 0.643. The first-order chi connectivity index (χ1) is 4.88. The van der Waals surface area contributed by atoms with Crippen molar-refractivity contribution in [1.82, 2.24) is 13.8 Å². The molecule has 0 aliphatic carbocycles. The van der Waals surface area contributed by atoms with Crippen LogP contribution in [0.15, 0.2) is 24.7 Å². The molecule has 0 N–H and O–H groups in total. The minimum Gasteiger partial charge on any atom is -0.264 e. The Balaban J connectivity index is 2.93. The molecule has 50 valence electrons. The molecule has 2 aromatic rings. The summed E-state index contributed by atoms with van der Waals surface area (Å²) in [6, 6.07) is 1.90. The Hall–Kier alpha value is -0.900. The van der Waals surface area contributed by atoms with Crippen LogP contribution >= 0.6 is 16.1 Å². The zero-order valence-corrected chi connectivity index (χ0v) is 6.62. The molecule has 0 bridgehead atoms. The monoisotopic (exact) mass is 197 g/mol. The summed E-state index contributed by atoms with van der Waals surface area (Å²) >= 11 is 3.24. The number of nitrogens with zero attached hydrogens (tertiary/aromatic N) is 3. The van der Waals surface area contributed by atoms with Gasteiger partial charge in [-0.05, 0) is 6.07 Å². The maximum Gasteiger partial charge on any atom is 0.0843 e. The molecule has 2 aromatic heterocycles. The molecular formula is C6H4BrN3. The number of halogens is 1. The van der Waals surface area contributed by atoms with E-state index in [1.165, 1.54) is 0 Å². The van der Waals surface area contributed by atoms with Crippen LogP contribution in [0, 0.1) is 0 Å². The summed E-state index contributed by atoms with van der Waals surface area (Å²) in [7, 11) is 0. The lowest BCUT2D eigenvalue weighted by molar-refractivity contribution is 1.06. The largest absolute Gasteiger partial charge is 0.264 e. The highest BCUT2D eigenvalue weighted by atomic mass is 79.9. The van der Waals surface area contributed by atoms with Gasteiger partial charge in [0.05, 0.1) is 27.9 Å². The van der Waals surface area contributed by atoms with Crippen molar-refractivity contribution < 1.29 is 0 Å². The molecule has 2 heterocycles. The Morgan fingerprint density at radius 2 is 2.30 bits per heavy atom. The topological polar surface area (TPSA) is 30.7 Å². The molecule has 0 atom stereocenters. The molecule has 3 nitrogen and oxygen atoms in total. The first-order valence-corrected chi connectivity index (χ1v) is 3.53. The lowest BCUT2D eigenvalue weighted by Gasteiger charge is -1.87. The summed E-state index contributed by atoms with van der Waals surface area (Å²) in [6.07, 6.45) is 5.28. The zero-order chi connectivity index (χ0) is 6.97. The maximum absolute atomic E-state index is 3.99. The Bertz CT molecular complexity index is 355. The van der Waals surface area contributed by atoms with Gasteiger partial charge >= 0.3 is 0 Å². The predicted octanol–water partition coefficient (Wildman–Crippen LogP) is 1.59. The summed E-state index contributed by atoms with van der Waals surface area (Å²) in [5, 5.41) is 5.03. The van der Waals surface area contributed by atoms with E-state index >= 15 is 0 Å². The molecule has 0 saturated heterocycles. The van der Waals surface area contributed by atoms with Crippen LogP contribution in [0.1, 0.15) is 0 Å². The fourth-order valence-electron chi connectivity index (χ4n) is 0.842. The Morgan fingerprint density at radius 3 is 3.10 bits per heavy atom. The van der Waals surface area contributed by atoms with Gasteiger partial charge in [0.1, 0.15) is 0 Å². The van der Waals surface area contributed by atoms with Crippen molar-refractivity contribution in [3.8, 4) is 0 Å². The van der Waals surface area contributed by atoms with E-state index in [1.54, 1.807) is 22.3 Å². The van der Waals surface area contributed by atoms with E-state index in [1.807, 2.05) is 6.07 Å². The lowest BCUT2D eigenvalue weighted by Crippen LogP contribution is -1.78. The number of aromatic nitrogens is 3. The van der Waals surface area contributed by atoms with Gasteiger partial charge in [-0.3, -0.25) is 4.98 Å². The van der Waals surface area contributed by atoms with E-state index in [9.17, 15) is 0 Å². The van der Waals surface area contributed by atoms with Crippen LogP contribution in [0.4, 0.5) is 0 Å². The molecule has 0 aliphatic rings. The van der Waals surface area contributed by atoms with Gasteiger partial charge in [0.25, 0.3) is 0 Å². The maximum atomic E-state index is 3.99. The Labute approximate surface area is 66.0 Å². The lowest BCUT2D eigenvalue weighted by atomic mass is 10.3. The number of hydrogen-bond donors (Lipinski definition) is 0. The molecular weight excluding hydrogens is 194 g/mol. The van der Waals surface area contributed by atoms with Gasteiger partial charge in [-0.15, -0.1) is 0 Å². The van der Waals surface area contributed by atoms with Crippen molar-refractivity contribution in [2.75, 3.05) is 0 Å². The number of hydrogen-bond acceptors (Lipinski definition) is 2. The van der Waals surface area contributed by atoms with Gasteiger partial charge < -0.3 is 0 Å². The van der Waals surface area contributed by atoms with Crippen molar-refractivity contribution in [3.63, 3.8) is 0 Å². The van der Waals surface area contributed by atoms with Crippen LogP contribution in [0.2, 0.25) is 0 Å². The van der Waals surface area contributed by atoms with E-state index in [4.69, 9.17) is 0 Å². The second-order valence-electron chi connectivity index (χ2n) is 1.94. The predicted molar refractivity (Wildman–Crippen MR) is 41.9 cm³/mol. The van der Waals surface area contributed by atoms with Gasteiger partial charge in [-0.2, -0.15) is 8.81 Å². The molecule has 10 heavy (non-hydrogen) atoms. The molecule has 0 unspecified atom stereocenters. The second-order valence-corrected chi connectivity index (χ2v) is 2.61. The number of rotatable bonds is 0. The molecule has 2 rings (SSSR count). The van der Waals surface area contributed by atoms with Crippen LogP contribution in [0.3, 0.4) is 0 Å². The minimum atomic E-state index is 1.04. The SMILES string of the molecule is Brn1ncc2cnccc21. The first-order valence-electron chi connectivity index (χ1n) is 2.82. The van der Waals surface area contributed by atoms with Crippen molar-refractivity contribution in [2.45, 2.75) is 0 Å². The molecule has 0 fully saturated rings. The third kappa shape index (κ3) is 0.724. The van der Waals surface area contributed by atoms with Crippen molar-refractivity contribution in [2.24, 2.45) is 0 Å². The molecule has 0 amide bonds. The smallest absolute Gasteiger partial charge is 0.0843 e. The highest BCUT2D eigenvalue weighted by Gasteiger charge is 1.96. The summed E-state index contributed by atoms with van der Waals surface area (Å²) in [6.45, 7) is 0. The van der Waals surface area contributed by atoms with Gasteiger partial charge in [0.2, 0.25) is 0 Å². The number of fused-ring (bicyclic) bond motifs is 1. The average molecular weight is 198 g/mol. The van der Waals surface area contributed by atoms with Gasteiger partial charge in [-0.25, -0.2) is 0 Å². The fraction of sp³-hybridized carbons (Fsp3) is 0. The minimum absolute atomic E-state index is 1.04. The molecule has 0 spiro atoms. The third-order valence-corrected chi connectivity index (χ3v) is 1.89. The summed E-state index contributed by atoms with van der Waals surface area (Å²) < 4.78 is 1.64.